The maximum absolute atomic E-state index is 9.52. The molecular formula is C12H18ClNO2. The zero-order valence-electron chi connectivity index (χ0n) is 9.66. The van der Waals surface area contributed by atoms with E-state index < -0.39 is 5.60 Å². The van der Waals surface area contributed by atoms with Gasteiger partial charge in [0.25, 0.3) is 0 Å². The molecule has 0 saturated carbocycles. The number of benzene rings is 1. The van der Waals surface area contributed by atoms with E-state index in [1.54, 1.807) is 26.0 Å². The highest BCUT2D eigenvalue weighted by atomic mass is 35.5. The lowest BCUT2D eigenvalue weighted by molar-refractivity contribution is 0.0553. The van der Waals surface area contributed by atoms with Gasteiger partial charge >= 0.3 is 0 Å². The number of hydrogen-bond donors (Lipinski definition) is 2. The van der Waals surface area contributed by atoms with Crippen LogP contribution in [0.15, 0.2) is 18.2 Å². The first-order valence-electron chi connectivity index (χ1n) is 5.26. The molecular weight excluding hydrogens is 226 g/mol. The largest absolute Gasteiger partial charge is 0.492 e. The molecule has 1 aromatic rings. The van der Waals surface area contributed by atoms with Crippen LogP contribution >= 0.6 is 11.6 Å². The third kappa shape index (κ3) is 4.39. The van der Waals surface area contributed by atoms with Gasteiger partial charge in [-0.2, -0.15) is 0 Å². The number of rotatable bonds is 5. The van der Waals surface area contributed by atoms with E-state index >= 15 is 0 Å². The van der Waals surface area contributed by atoms with Gasteiger partial charge in [0, 0.05) is 13.0 Å². The summed E-state index contributed by atoms with van der Waals surface area (Å²) in [5.41, 5.74) is 5.75. The molecule has 0 fully saturated rings. The molecule has 3 nitrogen and oxygen atoms in total. The van der Waals surface area contributed by atoms with Crippen LogP contribution in [0.3, 0.4) is 0 Å². The van der Waals surface area contributed by atoms with Crippen molar-refractivity contribution in [1.82, 2.24) is 0 Å². The summed E-state index contributed by atoms with van der Waals surface area (Å²) in [7, 11) is 0. The fourth-order valence-electron chi connectivity index (χ4n) is 1.20. The Balaban J connectivity index is 2.55. The van der Waals surface area contributed by atoms with Crippen molar-refractivity contribution in [2.45, 2.75) is 32.4 Å². The van der Waals surface area contributed by atoms with Gasteiger partial charge in [0.1, 0.15) is 5.75 Å². The lowest BCUT2D eigenvalue weighted by Gasteiger charge is -2.17. The Hall–Kier alpha value is -0.770. The van der Waals surface area contributed by atoms with E-state index in [2.05, 4.69) is 0 Å². The monoisotopic (exact) mass is 243 g/mol. The standard InChI is InChI=1S/C12H18ClNO2/c1-12(2,15)5-6-16-11-4-3-9(8-14)7-10(11)13/h3-4,7,15H,5-6,8,14H2,1-2H3. The van der Waals surface area contributed by atoms with Crippen molar-refractivity contribution < 1.29 is 9.84 Å². The van der Waals surface area contributed by atoms with E-state index in [0.717, 1.165) is 5.56 Å². The van der Waals surface area contributed by atoms with E-state index in [9.17, 15) is 5.11 Å². The minimum atomic E-state index is -0.719. The maximum Gasteiger partial charge on any atom is 0.137 e. The predicted octanol–water partition coefficient (Wildman–Crippen LogP) is 2.34. The van der Waals surface area contributed by atoms with Crippen LogP contribution in [0, 0.1) is 0 Å². The van der Waals surface area contributed by atoms with Crippen LogP contribution in [0.5, 0.6) is 5.75 Å². The molecule has 3 N–H and O–H groups in total. The summed E-state index contributed by atoms with van der Waals surface area (Å²) in [6.45, 7) is 4.39. The quantitative estimate of drug-likeness (QED) is 0.835. The highest BCUT2D eigenvalue weighted by Crippen LogP contribution is 2.25. The topological polar surface area (TPSA) is 55.5 Å². The summed E-state index contributed by atoms with van der Waals surface area (Å²) in [6, 6.07) is 5.47. The Morgan fingerprint density at radius 3 is 2.62 bits per heavy atom. The second-order valence-corrected chi connectivity index (χ2v) is 4.79. The molecule has 0 saturated heterocycles. The first kappa shape index (κ1) is 13.3. The van der Waals surface area contributed by atoms with Gasteiger partial charge in [-0.05, 0) is 31.5 Å². The Kier molecular flexibility index (Phi) is 4.59. The molecule has 0 aliphatic rings. The summed E-state index contributed by atoms with van der Waals surface area (Å²) < 4.78 is 5.48. The Bertz CT molecular complexity index is 347. The van der Waals surface area contributed by atoms with Gasteiger partial charge in [0.15, 0.2) is 0 Å². The highest BCUT2D eigenvalue weighted by molar-refractivity contribution is 6.32. The molecule has 1 aromatic carbocycles. The molecule has 4 heteroatoms. The van der Waals surface area contributed by atoms with Crippen molar-refractivity contribution in [3.63, 3.8) is 0 Å². The lowest BCUT2D eigenvalue weighted by Crippen LogP contribution is -2.21. The molecule has 1 rings (SSSR count). The smallest absolute Gasteiger partial charge is 0.137 e. The number of nitrogens with two attached hydrogens (primary N) is 1. The van der Waals surface area contributed by atoms with E-state index in [1.165, 1.54) is 0 Å². The normalized spacial score (nSPS) is 11.6. The Morgan fingerprint density at radius 2 is 2.12 bits per heavy atom. The first-order valence-corrected chi connectivity index (χ1v) is 5.64. The highest BCUT2D eigenvalue weighted by Gasteiger charge is 2.12. The molecule has 16 heavy (non-hydrogen) atoms. The van der Waals surface area contributed by atoms with Gasteiger partial charge in [0.2, 0.25) is 0 Å². The molecule has 0 heterocycles. The van der Waals surface area contributed by atoms with Crippen molar-refractivity contribution in [2.24, 2.45) is 5.73 Å². The molecule has 0 spiro atoms. The molecule has 0 aromatic heterocycles. The number of aliphatic hydroxyl groups is 1. The fraction of sp³-hybridized carbons (Fsp3) is 0.500. The van der Waals surface area contributed by atoms with E-state index in [0.29, 0.717) is 30.3 Å². The maximum atomic E-state index is 9.52. The number of ether oxygens (including phenoxy) is 1. The van der Waals surface area contributed by atoms with E-state index in [1.807, 2.05) is 6.07 Å². The molecule has 0 atom stereocenters. The summed E-state index contributed by atoms with van der Waals surface area (Å²) in [4.78, 5) is 0. The van der Waals surface area contributed by atoms with E-state index in [-0.39, 0.29) is 0 Å². The third-order valence-corrected chi connectivity index (χ3v) is 2.50. The SMILES string of the molecule is CC(C)(O)CCOc1ccc(CN)cc1Cl. The van der Waals surface area contributed by atoms with Crippen LogP contribution in [0.1, 0.15) is 25.8 Å². The predicted molar refractivity (Wildman–Crippen MR) is 65.8 cm³/mol. The van der Waals surface area contributed by atoms with Crippen molar-refractivity contribution in [1.29, 1.82) is 0 Å². The average molecular weight is 244 g/mol. The third-order valence-electron chi connectivity index (χ3n) is 2.20. The Morgan fingerprint density at radius 1 is 1.44 bits per heavy atom. The van der Waals surface area contributed by atoms with Crippen molar-refractivity contribution >= 4 is 11.6 Å². The minimum Gasteiger partial charge on any atom is -0.492 e. The van der Waals surface area contributed by atoms with Gasteiger partial charge in [-0.1, -0.05) is 17.7 Å². The van der Waals surface area contributed by atoms with Crippen LogP contribution < -0.4 is 10.5 Å². The van der Waals surface area contributed by atoms with Crippen LogP contribution in [-0.2, 0) is 6.54 Å². The number of hydrogen-bond acceptors (Lipinski definition) is 3. The molecule has 0 aliphatic heterocycles. The summed E-state index contributed by atoms with van der Waals surface area (Å²) in [5, 5.41) is 10.1. The second kappa shape index (κ2) is 5.53. The van der Waals surface area contributed by atoms with Gasteiger partial charge in [-0.3, -0.25) is 0 Å². The summed E-state index contributed by atoms with van der Waals surface area (Å²) >= 11 is 6.02. The average Bonchev–Trinajstić information content (AvgIpc) is 2.18. The van der Waals surface area contributed by atoms with Crippen LogP contribution in [0.4, 0.5) is 0 Å². The lowest BCUT2D eigenvalue weighted by atomic mass is 10.1. The van der Waals surface area contributed by atoms with Gasteiger partial charge in [-0.15, -0.1) is 0 Å². The fourth-order valence-corrected chi connectivity index (χ4v) is 1.46. The van der Waals surface area contributed by atoms with Gasteiger partial charge in [-0.25, -0.2) is 0 Å². The molecule has 0 unspecified atom stereocenters. The molecule has 0 aliphatic carbocycles. The molecule has 0 radical (unpaired) electrons. The second-order valence-electron chi connectivity index (χ2n) is 4.38. The van der Waals surface area contributed by atoms with Gasteiger partial charge in [0.05, 0.1) is 17.2 Å². The summed E-state index contributed by atoms with van der Waals surface area (Å²) in [6.07, 6.45) is 0.558. The zero-order valence-corrected chi connectivity index (χ0v) is 10.4. The molecule has 90 valence electrons. The Labute approximate surface area is 101 Å². The van der Waals surface area contributed by atoms with Crippen molar-refractivity contribution in [3.05, 3.63) is 28.8 Å². The minimum absolute atomic E-state index is 0.436. The zero-order chi connectivity index (χ0) is 12.2. The molecule has 0 amide bonds. The first-order chi connectivity index (χ1) is 7.42. The van der Waals surface area contributed by atoms with E-state index in [4.69, 9.17) is 22.1 Å². The van der Waals surface area contributed by atoms with Crippen LogP contribution in [-0.4, -0.2) is 17.3 Å². The van der Waals surface area contributed by atoms with Crippen LogP contribution in [0.25, 0.3) is 0 Å². The van der Waals surface area contributed by atoms with Gasteiger partial charge < -0.3 is 15.6 Å². The van der Waals surface area contributed by atoms with Crippen molar-refractivity contribution in [3.8, 4) is 5.75 Å². The molecule has 0 bridgehead atoms. The number of halogens is 1. The van der Waals surface area contributed by atoms with Crippen LogP contribution in [0.2, 0.25) is 5.02 Å². The summed E-state index contributed by atoms with van der Waals surface area (Å²) in [5.74, 6) is 0.628. The van der Waals surface area contributed by atoms with Crippen molar-refractivity contribution in [2.75, 3.05) is 6.61 Å².